The molecule has 0 aliphatic carbocycles. The van der Waals surface area contributed by atoms with Crippen LogP contribution in [0.25, 0.3) is 0 Å². The second-order valence-corrected chi connectivity index (χ2v) is 6.15. The molecule has 1 N–H and O–H groups in total. The van der Waals surface area contributed by atoms with E-state index < -0.39 is 6.09 Å². The van der Waals surface area contributed by atoms with Crippen molar-refractivity contribution in [2.45, 2.75) is 32.6 Å². The number of nitrogens with one attached hydrogen (secondary N) is 1. The summed E-state index contributed by atoms with van der Waals surface area (Å²) in [5, 5.41) is 2.73. The van der Waals surface area contributed by atoms with Crippen LogP contribution >= 0.6 is 0 Å². The molecular formula is C19H30N2O4. The number of amides is 1. The molecule has 0 atom stereocenters. The van der Waals surface area contributed by atoms with Gasteiger partial charge in [0.25, 0.3) is 0 Å². The first-order chi connectivity index (χ1) is 12.3. The molecule has 0 radical (unpaired) electrons. The van der Waals surface area contributed by atoms with Crippen LogP contribution in [0, 0.1) is 0 Å². The number of unbranched alkanes of at least 4 members (excludes halogenated alkanes) is 3. The quantitative estimate of drug-likeness (QED) is 0.654. The zero-order valence-corrected chi connectivity index (χ0v) is 15.2. The van der Waals surface area contributed by atoms with Crippen LogP contribution in [0.3, 0.4) is 0 Å². The normalized spacial score (nSPS) is 14.9. The van der Waals surface area contributed by atoms with Gasteiger partial charge in [0.2, 0.25) is 0 Å². The molecule has 1 aliphatic heterocycles. The standard InChI is InChI=1S/C19H30N2O4/c1-2-3-4-5-13-25-19(22)20-17-6-8-18(9-7-17)24-16-12-21-10-14-23-15-11-21/h6-9H,2-5,10-16H2,1H3,(H,20,22). The van der Waals surface area contributed by atoms with E-state index in [1.165, 1.54) is 12.8 Å². The number of hydrogen-bond donors (Lipinski definition) is 1. The first-order valence-corrected chi connectivity index (χ1v) is 9.24. The number of carbonyl (C=O) groups is 1. The van der Waals surface area contributed by atoms with Crippen LogP contribution < -0.4 is 10.1 Å². The van der Waals surface area contributed by atoms with E-state index in [1.807, 2.05) is 24.3 Å². The van der Waals surface area contributed by atoms with Gasteiger partial charge in [0.1, 0.15) is 12.4 Å². The lowest BCUT2D eigenvalue weighted by atomic mass is 10.2. The average Bonchev–Trinajstić information content (AvgIpc) is 2.64. The first-order valence-electron chi connectivity index (χ1n) is 9.24. The number of hydrogen-bond acceptors (Lipinski definition) is 5. The SMILES string of the molecule is CCCCCCOC(=O)Nc1ccc(OCCN2CCOCC2)cc1. The summed E-state index contributed by atoms with van der Waals surface area (Å²) in [4.78, 5) is 14.0. The predicted octanol–water partition coefficient (Wildman–Crippen LogP) is 3.53. The Kier molecular flexibility index (Phi) is 9.15. The summed E-state index contributed by atoms with van der Waals surface area (Å²) in [7, 11) is 0. The van der Waals surface area contributed by atoms with Crippen LogP contribution in [0.5, 0.6) is 5.75 Å². The van der Waals surface area contributed by atoms with E-state index in [0.717, 1.165) is 51.4 Å². The smallest absolute Gasteiger partial charge is 0.411 e. The van der Waals surface area contributed by atoms with Crippen LogP contribution in [-0.2, 0) is 9.47 Å². The van der Waals surface area contributed by atoms with Crippen molar-refractivity contribution in [3.05, 3.63) is 24.3 Å². The fourth-order valence-electron chi connectivity index (χ4n) is 2.60. The predicted molar refractivity (Wildman–Crippen MR) is 98.3 cm³/mol. The van der Waals surface area contributed by atoms with Crippen molar-refractivity contribution in [2.24, 2.45) is 0 Å². The minimum atomic E-state index is -0.405. The summed E-state index contributed by atoms with van der Waals surface area (Å²) < 4.78 is 16.2. The van der Waals surface area contributed by atoms with Crippen molar-refractivity contribution in [2.75, 3.05) is 51.4 Å². The molecule has 1 heterocycles. The Balaban J connectivity index is 1.61. The third-order valence-electron chi connectivity index (χ3n) is 4.11. The molecule has 1 amide bonds. The van der Waals surface area contributed by atoms with E-state index in [2.05, 4.69) is 17.1 Å². The highest BCUT2D eigenvalue weighted by molar-refractivity contribution is 5.84. The van der Waals surface area contributed by atoms with Crippen molar-refractivity contribution in [1.29, 1.82) is 0 Å². The molecule has 1 fully saturated rings. The number of benzene rings is 1. The maximum atomic E-state index is 11.7. The second kappa shape index (κ2) is 11.7. The van der Waals surface area contributed by atoms with Gasteiger partial charge in [-0.2, -0.15) is 0 Å². The summed E-state index contributed by atoms with van der Waals surface area (Å²) in [6.45, 7) is 7.70. The minimum Gasteiger partial charge on any atom is -0.492 e. The van der Waals surface area contributed by atoms with Gasteiger partial charge in [-0.1, -0.05) is 26.2 Å². The fraction of sp³-hybridized carbons (Fsp3) is 0.632. The number of rotatable bonds is 10. The Hall–Kier alpha value is -1.79. The Morgan fingerprint density at radius 2 is 1.88 bits per heavy atom. The van der Waals surface area contributed by atoms with Gasteiger partial charge < -0.3 is 14.2 Å². The van der Waals surface area contributed by atoms with Crippen LogP contribution in [0.2, 0.25) is 0 Å². The average molecular weight is 350 g/mol. The molecule has 2 rings (SSSR count). The number of ether oxygens (including phenoxy) is 3. The molecule has 1 aromatic carbocycles. The van der Waals surface area contributed by atoms with Gasteiger partial charge in [-0.3, -0.25) is 10.2 Å². The van der Waals surface area contributed by atoms with E-state index in [1.54, 1.807) is 0 Å². The highest BCUT2D eigenvalue weighted by Gasteiger charge is 2.09. The Labute approximate surface area is 150 Å². The zero-order chi connectivity index (χ0) is 17.7. The Morgan fingerprint density at radius 3 is 2.60 bits per heavy atom. The fourth-order valence-corrected chi connectivity index (χ4v) is 2.60. The number of nitrogens with zero attached hydrogens (tertiary/aromatic N) is 1. The van der Waals surface area contributed by atoms with E-state index in [9.17, 15) is 4.79 Å². The molecule has 1 aromatic rings. The second-order valence-electron chi connectivity index (χ2n) is 6.15. The molecule has 140 valence electrons. The van der Waals surface area contributed by atoms with Crippen LogP contribution in [0.4, 0.5) is 10.5 Å². The van der Waals surface area contributed by atoms with Gasteiger partial charge >= 0.3 is 6.09 Å². The Morgan fingerprint density at radius 1 is 1.12 bits per heavy atom. The van der Waals surface area contributed by atoms with Crippen molar-refractivity contribution in [3.8, 4) is 5.75 Å². The summed E-state index contributed by atoms with van der Waals surface area (Å²) in [5.74, 6) is 0.798. The molecule has 1 saturated heterocycles. The van der Waals surface area contributed by atoms with Gasteiger partial charge in [-0.15, -0.1) is 0 Å². The van der Waals surface area contributed by atoms with Gasteiger partial charge in [0.15, 0.2) is 0 Å². The van der Waals surface area contributed by atoms with Gasteiger partial charge in [0.05, 0.1) is 19.8 Å². The molecule has 0 aromatic heterocycles. The maximum Gasteiger partial charge on any atom is 0.411 e. The lowest BCUT2D eigenvalue weighted by Crippen LogP contribution is -2.38. The molecule has 0 saturated carbocycles. The maximum absolute atomic E-state index is 11.7. The van der Waals surface area contributed by atoms with Gasteiger partial charge in [-0.25, -0.2) is 4.79 Å². The molecule has 0 unspecified atom stereocenters. The van der Waals surface area contributed by atoms with Crippen LogP contribution in [0.15, 0.2) is 24.3 Å². The van der Waals surface area contributed by atoms with Crippen molar-refractivity contribution >= 4 is 11.8 Å². The number of morpholine rings is 1. The van der Waals surface area contributed by atoms with Gasteiger partial charge in [0, 0.05) is 25.3 Å². The number of anilines is 1. The van der Waals surface area contributed by atoms with E-state index in [0.29, 0.717) is 18.9 Å². The summed E-state index contributed by atoms with van der Waals surface area (Å²) >= 11 is 0. The van der Waals surface area contributed by atoms with E-state index in [-0.39, 0.29) is 0 Å². The van der Waals surface area contributed by atoms with E-state index >= 15 is 0 Å². The zero-order valence-electron chi connectivity index (χ0n) is 15.2. The number of carbonyl (C=O) groups excluding carboxylic acids is 1. The summed E-state index contributed by atoms with van der Waals surface area (Å²) in [5.41, 5.74) is 0.707. The molecule has 0 spiro atoms. The third-order valence-corrected chi connectivity index (χ3v) is 4.11. The minimum absolute atomic E-state index is 0.405. The van der Waals surface area contributed by atoms with E-state index in [4.69, 9.17) is 14.2 Å². The summed E-state index contributed by atoms with van der Waals surface area (Å²) in [6.07, 6.45) is 3.96. The van der Waals surface area contributed by atoms with Crippen molar-refractivity contribution in [1.82, 2.24) is 4.90 Å². The van der Waals surface area contributed by atoms with Crippen molar-refractivity contribution < 1.29 is 19.0 Å². The third kappa shape index (κ3) is 8.23. The molecule has 25 heavy (non-hydrogen) atoms. The molecule has 6 heteroatoms. The molecule has 1 aliphatic rings. The molecular weight excluding hydrogens is 320 g/mol. The first kappa shape index (κ1) is 19.5. The van der Waals surface area contributed by atoms with Crippen LogP contribution in [-0.4, -0.2) is 57.1 Å². The lowest BCUT2D eigenvalue weighted by Gasteiger charge is -2.26. The topological polar surface area (TPSA) is 60.0 Å². The molecule has 6 nitrogen and oxygen atoms in total. The molecule has 0 bridgehead atoms. The highest BCUT2D eigenvalue weighted by atomic mass is 16.5. The summed E-state index contributed by atoms with van der Waals surface area (Å²) in [6, 6.07) is 7.36. The monoisotopic (exact) mass is 350 g/mol. The highest BCUT2D eigenvalue weighted by Crippen LogP contribution is 2.16. The van der Waals surface area contributed by atoms with Crippen molar-refractivity contribution in [3.63, 3.8) is 0 Å². The Bertz CT molecular complexity index is 487. The largest absolute Gasteiger partial charge is 0.492 e. The van der Waals surface area contributed by atoms with Crippen LogP contribution in [0.1, 0.15) is 32.6 Å². The van der Waals surface area contributed by atoms with Gasteiger partial charge in [-0.05, 0) is 30.7 Å². The lowest BCUT2D eigenvalue weighted by molar-refractivity contribution is 0.0322.